The van der Waals surface area contributed by atoms with Crippen LogP contribution in [0.2, 0.25) is 5.02 Å². The summed E-state index contributed by atoms with van der Waals surface area (Å²) in [5.74, 6) is -2.23. The van der Waals surface area contributed by atoms with Crippen molar-refractivity contribution in [1.29, 1.82) is 0 Å². The smallest absolute Gasteiger partial charge is 0.311 e. The third-order valence-electron chi connectivity index (χ3n) is 4.88. The molecule has 0 spiro atoms. The average Bonchev–Trinajstić information content (AvgIpc) is 2.93. The Kier molecular flexibility index (Phi) is 5.42. The quantitative estimate of drug-likeness (QED) is 0.649. The number of fused-ring (bicyclic) bond motifs is 1. The third-order valence-corrected chi connectivity index (χ3v) is 5.17. The monoisotopic (exact) mass is 403 g/mol. The number of carboxylic acid groups (broad SMARTS) is 1. The molecule has 3 rings (SSSR count). The van der Waals surface area contributed by atoms with Gasteiger partial charge in [-0.25, -0.2) is 4.39 Å². The van der Waals surface area contributed by atoms with Gasteiger partial charge in [0.15, 0.2) is 0 Å². The van der Waals surface area contributed by atoms with Crippen LogP contribution in [0.1, 0.15) is 40.9 Å². The number of rotatable bonds is 5. The van der Waals surface area contributed by atoms with Crippen molar-refractivity contribution in [2.24, 2.45) is 0 Å². The number of aromatic nitrogens is 1. The number of aliphatic carboxylic acids is 1. The highest BCUT2D eigenvalue weighted by molar-refractivity contribution is 6.33. The first-order valence-corrected chi connectivity index (χ1v) is 9.09. The zero-order chi connectivity index (χ0) is 20.6. The van der Waals surface area contributed by atoms with Crippen molar-refractivity contribution in [2.45, 2.75) is 26.2 Å². The van der Waals surface area contributed by atoms with E-state index in [2.05, 4.69) is 0 Å². The Morgan fingerprint density at radius 1 is 1.25 bits per heavy atom. The van der Waals surface area contributed by atoms with Crippen LogP contribution in [0.4, 0.5) is 4.39 Å². The molecule has 28 heavy (non-hydrogen) atoms. The van der Waals surface area contributed by atoms with E-state index >= 15 is 0 Å². The summed E-state index contributed by atoms with van der Waals surface area (Å²) in [6.45, 7) is 3.47. The number of carboxylic acids is 1. The molecule has 7 heteroatoms. The van der Waals surface area contributed by atoms with Crippen LogP contribution in [0.25, 0.3) is 10.9 Å². The van der Waals surface area contributed by atoms with E-state index in [0.717, 1.165) is 0 Å². The van der Waals surface area contributed by atoms with Gasteiger partial charge in [-0.2, -0.15) is 0 Å². The Hall–Kier alpha value is -2.86. The summed E-state index contributed by atoms with van der Waals surface area (Å²) in [4.78, 5) is 25.0. The van der Waals surface area contributed by atoms with Gasteiger partial charge in [0.2, 0.25) is 0 Å². The summed E-state index contributed by atoms with van der Waals surface area (Å²) in [6.07, 6.45) is 0.352. The number of nitrogens with zero attached hydrogens (tertiary/aromatic N) is 1. The van der Waals surface area contributed by atoms with E-state index in [0.29, 0.717) is 39.4 Å². The lowest BCUT2D eigenvalue weighted by Gasteiger charge is -2.12. The second-order valence-corrected chi connectivity index (χ2v) is 6.86. The lowest BCUT2D eigenvalue weighted by Crippen LogP contribution is -2.16. The summed E-state index contributed by atoms with van der Waals surface area (Å²) < 4.78 is 20.0. The van der Waals surface area contributed by atoms with Crippen molar-refractivity contribution < 1.29 is 23.8 Å². The minimum absolute atomic E-state index is 0.281. The van der Waals surface area contributed by atoms with Crippen molar-refractivity contribution in [2.75, 3.05) is 7.11 Å². The lowest BCUT2D eigenvalue weighted by molar-refractivity contribution is -0.138. The zero-order valence-corrected chi connectivity index (χ0v) is 16.4. The zero-order valence-electron chi connectivity index (χ0n) is 15.6. The molecule has 0 aliphatic rings. The molecule has 1 unspecified atom stereocenters. The first-order valence-electron chi connectivity index (χ1n) is 8.71. The van der Waals surface area contributed by atoms with Gasteiger partial charge < -0.3 is 9.84 Å². The standard InChI is InChI=1S/C21H19ClFNO4/c1-4-14(21(26)27)19-11(2)24(20(25)12-5-7-13(23)8-6-12)17-10-16(22)18(28-3)9-15(17)19/h5-10,14H,4H2,1-3H3,(H,26,27). The van der Waals surface area contributed by atoms with Crippen LogP contribution in [0.15, 0.2) is 36.4 Å². The summed E-state index contributed by atoms with van der Waals surface area (Å²) in [6, 6.07) is 8.43. The highest BCUT2D eigenvalue weighted by Crippen LogP contribution is 2.39. The molecule has 0 saturated heterocycles. The molecular formula is C21H19ClFNO4. The van der Waals surface area contributed by atoms with Gasteiger partial charge in [-0.05, 0) is 55.3 Å². The minimum atomic E-state index is -0.979. The Balaban J connectivity index is 2.35. The fraction of sp³-hybridized carbons (Fsp3) is 0.238. The first kappa shape index (κ1) is 19.9. The summed E-state index contributed by atoms with van der Waals surface area (Å²) in [7, 11) is 1.47. The topological polar surface area (TPSA) is 68.5 Å². The molecule has 1 N–H and O–H groups in total. The molecule has 0 aliphatic heterocycles. The fourth-order valence-corrected chi connectivity index (χ4v) is 3.76. The van der Waals surface area contributed by atoms with Gasteiger partial charge >= 0.3 is 5.97 Å². The largest absolute Gasteiger partial charge is 0.495 e. The van der Waals surface area contributed by atoms with Gasteiger partial charge in [-0.3, -0.25) is 14.2 Å². The van der Waals surface area contributed by atoms with E-state index in [4.69, 9.17) is 16.3 Å². The van der Waals surface area contributed by atoms with E-state index in [1.54, 1.807) is 26.0 Å². The summed E-state index contributed by atoms with van der Waals surface area (Å²) in [5, 5.41) is 10.6. The fourth-order valence-electron chi connectivity index (χ4n) is 3.52. The van der Waals surface area contributed by atoms with Gasteiger partial charge in [-0.15, -0.1) is 0 Å². The number of ether oxygens (including phenoxy) is 1. The van der Waals surface area contributed by atoms with Crippen molar-refractivity contribution in [3.05, 3.63) is 64.1 Å². The van der Waals surface area contributed by atoms with E-state index in [9.17, 15) is 19.1 Å². The molecule has 5 nitrogen and oxygen atoms in total. The molecule has 0 amide bonds. The third kappa shape index (κ3) is 3.24. The van der Waals surface area contributed by atoms with Crippen molar-refractivity contribution >= 4 is 34.4 Å². The van der Waals surface area contributed by atoms with Gasteiger partial charge in [-0.1, -0.05) is 18.5 Å². The maximum atomic E-state index is 13.3. The molecule has 3 aromatic rings. The molecule has 1 atom stereocenters. The van der Waals surface area contributed by atoms with Crippen molar-refractivity contribution in [3.8, 4) is 5.75 Å². The van der Waals surface area contributed by atoms with E-state index < -0.39 is 23.6 Å². The minimum Gasteiger partial charge on any atom is -0.495 e. The number of halogens is 2. The van der Waals surface area contributed by atoms with Gasteiger partial charge in [0.05, 0.1) is 23.6 Å². The molecule has 0 saturated carbocycles. The van der Waals surface area contributed by atoms with E-state index in [1.807, 2.05) is 0 Å². The van der Waals surface area contributed by atoms with Crippen LogP contribution < -0.4 is 4.74 Å². The second kappa shape index (κ2) is 7.64. The van der Waals surface area contributed by atoms with Crippen LogP contribution >= 0.6 is 11.6 Å². The number of carbonyl (C=O) groups excluding carboxylic acids is 1. The lowest BCUT2D eigenvalue weighted by atomic mass is 9.94. The first-order chi connectivity index (χ1) is 13.3. The summed E-state index contributed by atoms with van der Waals surface area (Å²) in [5.41, 5.74) is 1.80. The van der Waals surface area contributed by atoms with Crippen LogP contribution in [0.5, 0.6) is 5.75 Å². The predicted octanol–water partition coefficient (Wildman–Crippen LogP) is 5.02. The van der Waals surface area contributed by atoms with Crippen LogP contribution in [-0.4, -0.2) is 28.7 Å². The SMILES string of the molecule is CCC(C(=O)O)c1c(C)n(C(=O)c2ccc(F)cc2)c2cc(Cl)c(OC)cc12. The maximum Gasteiger partial charge on any atom is 0.311 e. The average molecular weight is 404 g/mol. The Morgan fingerprint density at radius 2 is 1.89 bits per heavy atom. The molecule has 1 aromatic heterocycles. The molecule has 2 aromatic carbocycles. The predicted molar refractivity (Wildman–Crippen MR) is 105 cm³/mol. The molecule has 0 bridgehead atoms. The van der Waals surface area contributed by atoms with Gasteiger partial charge in [0.1, 0.15) is 11.6 Å². The number of hydrogen-bond acceptors (Lipinski definition) is 3. The van der Waals surface area contributed by atoms with Crippen LogP contribution in [0.3, 0.4) is 0 Å². The molecule has 0 fully saturated rings. The van der Waals surface area contributed by atoms with Gasteiger partial charge in [0.25, 0.3) is 5.91 Å². The van der Waals surface area contributed by atoms with Crippen LogP contribution in [-0.2, 0) is 4.79 Å². The van der Waals surface area contributed by atoms with Crippen molar-refractivity contribution in [1.82, 2.24) is 4.57 Å². The highest BCUT2D eigenvalue weighted by Gasteiger charge is 2.29. The maximum absolute atomic E-state index is 13.3. The van der Waals surface area contributed by atoms with Gasteiger partial charge in [0, 0.05) is 16.6 Å². The van der Waals surface area contributed by atoms with E-state index in [-0.39, 0.29) is 5.56 Å². The highest BCUT2D eigenvalue weighted by atomic mass is 35.5. The molecule has 0 radical (unpaired) electrons. The van der Waals surface area contributed by atoms with Crippen molar-refractivity contribution in [3.63, 3.8) is 0 Å². The summed E-state index contributed by atoms with van der Waals surface area (Å²) >= 11 is 6.27. The number of benzene rings is 2. The number of carbonyl (C=O) groups is 2. The normalized spacial score (nSPS) is 12.2. The molecular weight excluding hydrogens is 385 g/mol. The second-order valence-electron chi connectivity index (χ2n) is 6.45. The van der Waals surface area contributed by atoms with Crippen LogP contribution in [0, 0.1) is 12.7 Å². The van der Waals surface area contributed by atoms with E-state index in [1.165, 1.54) is 35.9 Å². The molecule has 146 valence electrons. The Bertz CT molecular complexity index is 1070. The number of hydrogen-bond donors (Lipinski definition) is 1. The number of methoxy groups -OCH3 is 1. The Morgan fingerprint density at radius 3 is 2.43 bits per heavy atom. The Labute approximate surface area is 166 Å². The molecule has 0 aliphatic carbocycles. The molecule has 1 heterocycles.